The van der Waals surface area contributed by atoms with Crippen LogP contribution in [0, 0.1) is 5.92 Å². The van der Waals surface area contributed by atoms with Crippen LogP contribution in [0.2, 0.25) is 0 Å². The summed E-state index contributed by atoms with van der Waals surface area (Å²) in [6.45, 7) is 1.85. The van der Waals surface area contributed by atoms with Gasteiger partial charge >= 0.3 is 0 Å². The minimum atomic E-state index is -0.567. The number of rotatable bonds is 13. The van der Waals surface area contributed by atoms with Gasteiger partial charge in [-0.05, 0) is 30.7 Å². The standard InChI is InChI=1S/C23H30N4O5/c1-3-4-5-8-18(14-27(31)16-28)22(29)24-15-25-23(30)21-12-7-11-20(26-21)17-9-6-10-19(13-17)32-2/h6-7,9-13,16,18,31H,3-5,8,14-15H2,1-2H3,(H,24,29)(H,25,30). The van der Waals surface area contributed by atoms with Crippen molar-refractivity contribution in [1.82, 2.24) is 20.7 Å². The Hall–Kier alpha value is -3.46. The maximum atomic E-state index is 12.5. The van der Waals surface area contributed by atoms with Gasteiger partial charge in [0.05, 0.1) is 31.9 Å². The van der Waals surface area contributed by atoms with Crippen molar-refractivity contribution >= 4 is 18.2 Å². The smallest absolute Gasteiger partial charge is 0.271 e. The van der Waals surface area contributed by atoms with E-state index in [9.17, 15) is 19.6 Å². The van der Waals surface area contributed by atoms with Crippen molar-refractivity contribution in [2.24, 2.45) is 5.92 Å². The van der Waals surface area contributed by atoms with Gasteiger partial charge in [-0.2, -0.15) is 0 Å². The van der Waals surface area contributed by atoms with Crippen LogP contribution in [0.25, 0.3) is 11.3 Å². The predicted octanol–water partition coefficient (Wildman–Crippen LogP) is 2.60. The van der Waals surface area contributed by atoms with Gasteiger partial charge in [0.1, 0.15) is 11.4 Å². The summed E-state index contributed by atoms with van der Waals surface area (Å²) in [4.78, 5) is 40.0. The number of ether oxygens (including phenoxy) is 1. The van der Waals surface area contributed by atoms with Crippen molar-refractivity contribution in [2.75, 3.05) is 20.3 Å². The fourth-order valence-corrected chi connectivity index (χ4v) is 3.17. The van der Waals surface area contributed by atoms with Crippen molar-refractivity contribution in [1.29, 1.82) is 0 Å². The molecule has 2 aromatic rings. The predicted molar refractivity (Wildman–Crippen MR) is 119 cm³/mol. The van der Waals surface area contributed by atoms with Crippen LogP contribution >= 0.6 is 0 Å². The number of benzene rings is 1. The zero-order valence-corrected chi connectivity index (χ0v) is 18.4. The van der Waals surface area contributed by atoms with Crippen LogP contribution in [-0.4, -0.2) is 53.8 Å². The summed E-state index contributed by atoms with van der Waals surface area (Å²) in [5.41, 5.74) is 1.64. The summed E-state index contributed by atoms with van der Waals surface area (Å²) < 4.78 is 5.23. The highest BCUT2D eigenvalue weighted by Crippen LogP contribution is 2.22. The molecule has 0 aliphatic carbocycles. The number of amides is 3. The maximum absolute atomic E-state index is 12.5. The molecule has 1 unspecified atom stereocenters. The molecule has 0 saturated carbocycles. The fourth-order valence-electron chi connectivity index (χ4n) is 3.17. The molecule has 32 heavy (non-hydrogen) atoms. The number of hydrogen-bond donors (Lipinski definition) is 3. The lowest BCUT2D eigenvalue weighted by atomic mass is 10.0. The molecule has 1 heterocycles. The second kappa shape index (κ2) is 13.1. The fraction of sp³-hybridized carbons (Fsp3) is 0.391. The second-order valence-corrected chi connectivity index (χ2v) is 7.28. The molecule has 0 spiro atoms. The van der Waals surface area contributed by atoms with Crippen molar-refractivity contribution in [3.63, 3.8) is 0 Å². The zero-order chi connectivity index (χ0) is 23.3. The molecule has 0 aliphatic rings. The number of carbonyl (C=O) groups is 3. The van der Waals surface area contributed by atoms with Crippen molar-refractivity contribution in [2.45, 2.75) is 32.6 Å². The third kappa shape index (κ3) is 7.66. The van der Waals surface area contributed by atoms with Gasteiger partial charge in [-0.15, -0.1) is 0 Å². The number of nitrogens with one attached hydrogen (secondary N) is 2. The molecule has 172 valence electrons. The topological polar surface area (TPSA) is 121 Å². The first-order chi connectivity index (χ1) is 15.5. The highest BCUT2D eigenvalue weighted by molar-refractivity contribution is 5.93. The maximum Gasteiger partial charge on any atom is 0.271 e. The van der Waals surface area contributed by atoms with Crippen LogP contribution in [0.1, 0.15) is 43.1 Å². The normalized spacial score (nSPS) is 11.3. The molecule has 1 aromatic carbocycles. The molecule has 0 fully saturated rings. The molecular formula is C23H30N4O5. The SMILES string of the molecule is CCCCCC(CN(O)C=O)C(=O)NCNC(=O)c1cccc(-c2cccc(OC)c2)n1. The van der Waals surface area contributed by atoms with Crippen LogP contribution < -0.4 is 15.4 Å². The minimum absolute atomic E-state index is 0.0977. The Morgan fingerprint density at radius 2 is 1.97 bits per heavy atom. The quantitative estimate of drug-likeness (QED) is 0.144. The number of unbranched alkanes of at least 4 members (excludes halogenated alkanes) is 2. The zero-order valence-electron chi connectivity index (χ0n) is 18.4. The van der Waals surface area contributed by atoms with Crippen LogP contribution in [0.5, 0.6) is 5.75 Å². The van der Waals surface area contributed by atoms with Gasteiger partial charge < -0.3 is 15.4 Å². The highest BCUT2D eigenvalue weighted by atomic mass is 16.5. The van der Waals surface area contributed by atoms with E-state index in [1.165, 1.54) is 0 Å². The third-order valence-corrected chi connectivity index (χ3v) is 4.91. The molecule has 9 nitrogen and oxygen atoms in total. The van der Waals surface area contributed by atoms with E-state index in [1.54, 1.807) is 25.3 Å². The van der Waals surface area contributed by atoms with Gasteiger partial charge in [0.25, 0.3) is 5.91 Å². The Bertz CT molecular complexity index is 905. The summed E-state index contributed by atoms with van der Waals surface area (Å²) in [6, 6.07) is 12.5. The lowest BCUT2D eigenvalue weighted by molar-refractivity contribution is -0.154. The molecular weight excluding hydrogens is 412 g/mol. The summed E-state index contributed by atoms with van der Waals surface area (Å²) in [5, 5.41) is 15.2. The molecule has 0 bridgehead atoms. The van der Waals surface area contributed by atoms with Crippen molar-refractivity contribution in [3.8, 4) is 17.0 Å². The Morgan fingerprint density at radius 3 is 2.69 bits per heavy atom. The van der Waals surface area contributed by atoms with Gasteiger partial charge in [-0.3, -0.25) is 19.6 Å². The van der Waals surface area contributed by atoms with Gasteiger partial charge in [0.15, 0.2) is 0 Å². The lowest BCUT2D eigenvalue weighted by Crippen LogP contribution is -2.43. The van der Waals surface area contributed by atoms with Crippen LogP contribution in [-0.2, 0) is 9.59 Å². The van der Waals surface area contributed by atoms with E-state index in [2.05, 4.69) is 15.6 Å². The van der Waals surface area contributed by atoms with Gasteiger partial charge in [-0.25, -0.2) is 10.0 Å². The van der Waals surface area contributed by atoms with Gasteiger partial charge in [0, 0.05) is 5.56 Å². The van der Waals surface area contributed by atoms with E-state index in [-0.39, 0.29) is 31.2 Å². The molecule has 1 aromatic heterocycles. The van der Waals surface area contributed by atoms with E-state index in [4.69, 9.17) is 4.74 Å². The third-order valence-electron chi connectivity index (χ3n) is 4.91. The Morgan fingerprint density at radius 1 is 1.19 bits per heavy atom. The Labute approximate surface area is 187 Å². The number of nitrogens with zero attached hydrogens (tertiary/aromatic N) is 2. The first kappa shape index (κ1) is 24.8. The monoisotopic (exact) mass is 442 g/mol. The average Bonchev–Trinajstić information content (AvgIpc) is 2.83. The Kier molecular flexibility index (Phi) is 10.1. The number of carbonyl (C=O) groups excluding carboxylic acids is 3. The number of pyridine rings is 1. The molecule has 1 atom stereocenters. The molecule has 0 aliphatic heterocycles. The first-order valence-corrected chi connectivity index (χ1v) is 10.6. The molecule has 0 saturated heterocycles. The van der Waals surface area contributed by atoms with Gasteiger partial charge in [0.2, 0.25) is 12.3 Å². The van der Waals surface area contributed by atoms with Crippen LogP contribution in [0.4, 0.5) is 0 Å². The van der Waals surface area contributed by atoms with Crippen molar-refractivity contribution < 1.29 is 24.3 Å². The molecule has 3 N–H and O–H groups in total. The molecule has 3 amide bonds. The lowest BCUT2D eigenvalue weighted by Gasteiger charge is -2.19. The van der Waals surface area contributed by atoms with E-state index in [0.29, 0.717) is 22.9 Å². The first-order valence-electron chi connectivity index (χ1n) is 10.6. The van der Waals surface area contributed by atoms with Gasteiger partial charge in [-0.1, -0.05) is 44.4 Å². The number of aromatic nitrogens is 1. The second-order valence-electron chi connectivity index (χ2n) is 7.28. The van der Waals surface area contributed by atoms with Crippen LogP contribution in [0.15, 0.2) is 42.5 Å². The Balaban J connectivity index is 1.94. The van der Waals surface area contributed by atoms with Crippen LogP contribution in [0.3, 0.4) is 0 Å². The summed E-state index contributed by atoms with van der Waals surface area (Å²) in [7, 11) is 1.58. The summed E-state index contributed by atoms with van der Waals surface area (Å²) in [5.74, 6) is -0.663. The molecule has 2 rings (SSSR count). The van der Waals surface area contributed by atoms with E-state index in [0.717, 1.165) is 24.8 Å². The van der Waals surface area contributed by atoms with E-state index < -0.39 is 11.8 Å². The van der Waals surface area contributed by atoms with E-state index in [1.807, 2.05) is 31.2 Å². The summed E-state index contributed by atoms with van der Waals surface area (Å²) in [6.07, 6.45) is 3.53. The minimum Gasteiger partial charge on any atom is -0.497 e. The molecule has 0 radical (unpaired) electrons. The number of methoxy groups -OCH3 is 1. The van der Waals surface area contributed by atoms with Crippen molar-refractivity contribution in [3.05, 3.63) is 48.2 Å². The molecule has 9 heteroatoms. The largest absolute Gasteiger partial charge is 0.497 e. The highest BCUT2D eigenvalue weighted by Gasteiger charge is 2.20. The number of hydroxylamine groups is 2. The number of hydrogen-bond acceptors (Lipinski definition) is 6. The average molecular weight is 443 g/mol. The van der Waals surface area contributed by atoms with E-state index >= 15 is 0 Å². The summed E-state index contributed by atoms with van der Waals surface area (Å²) >= 11 is 0.